The molecule has 4 nitrogen and oxygen atoms in total. The summed E-state index contributed by atoms with van der Waals surface area (Å²) in [6, 6.07) is 16.6. The van der Waals surface area contributed by atoms with E-state index in [4.69, 9.17) is 27.9 Å². The minimum Gasteiger partial charge on any atom is -0.496 e. The lowest BCUT2D eigenvalue weighted by Crippen LogP contribution is -2.27. The number of benzene rings is 3. The van der Waals surface area contributed by atoms with E-state index in [2.05, 4.69) is 0 Å². The third kappa shape index (κ3) is 3.73. The van der Waals surface area contributed by atoms with Crippen LogP contribution in [0.2, 0.25) is 10.0 Å². The van der Waals surface area contributed by atoms with E-state index in [-0.39, 0.29) is 17.7 Å². The Morgan fingerprint density at radius 2 is 1.66 bits per heavy atom. The van der Waals surface area contributed by atoms with Gasteiger partial charge in [-0.2, -0.15) is 0 Å². The molecule has 2 amide bonds. The van der Waals surface area contributed by atoms with Gasteiger partial charge in [-0.3, -0.25) is 14.5 Å². The van der Waals surface area contributed by atoms with Crippen LogP contribution >= 0.6 is 35.0 Å². The largest absolute Gasteiger partial charge is 0.496 e. The van der Waals surface area contributed by atoms with E-state index in [1.807, 2.05) is 36.4 Å². The highest BCUT2D eigenvalue weighted by Gasteiger charge is 2.35. The van der Waals surface area contributed by atoms with E-state index in [0.717, 1.165) is 38.7 Å². The van der Waals surface area contributed by atoms with Crippen molar-refractivity contribution < 1.29 is 14.3 Å². The maximum absolute atomic E-state index is 12.9. The quantitative estimate of drug-likeness (QED) is 0.438. The predicted octanol–water partition coefficient (Wildman–Crippen LogP) is 6.39. The third-order valence-electron chi connectivity index (χ3n) is 4.68. The first-order chi connectivity index (χ1) is 14.0. The summed E-state index contributed by atoms with van der Waals surface area (Å²) in [5.74, 6) is 0.384. The van der Waals surface area contributed by atoms with Crippen LogP contribution in [0.3, 0.4) is 0 Å². The van der Waals surface area contributed by atoms with Crippen molar-refractivity contribution in [1.82, 2.24) is 4.90 Å². The van der Waals surface area contributed by atoms with Crippen LogP contribution in [-0.4, -0.2) is 23.2 Å². The molecule has 0 bridgehead atoms. The van der Waals surface area contributed by atoms with Crippen LogP contribution in [0.5, 0.6) is 5.75 Å². The molecule has 29 heavy (non-hydrogen) atoms. The lowest BCUT2D eigenvalue weighted by Gasteiger charge is -2.14. The molecule has 0 N–H and O–H groups in total. The predicted molar refractivity (Wildman–Crippen MR) is 118 cm³/mol. The number of amides is 2. The van der Waals surface area contributed by atoms with Gasteiger partial charge in [-0.05, 0) is 47.0 Å². The molecule has 0 radical (unpaired) electrons. The van der Waals surface area contributed by atoms with Gasteiger partial charge in [0.2, 0.25) is 0 Å². The first kappa shape index (κ1) is 19.8. The molecule has 0 aliphatic carbocycles. The van der Waals surface area contributed by atoms with Gasteiger partial charge < -0.3 is 4.74 Å². The van der Waals surface area contributed by atoms with Crippen molar-refractivity contribution in [3.63, 3.8) is 0 Å². The molecule has 1 saturated heterocycles. The SMILES string of the molecule is COc1ccc(/C=C2\SC(=O)N(Cc3c(Cl)cccc3Cl)C2=O)c2ccccc12. The number of nitrogens with zero attached hydrogens (tertiary/aromatic N) is 1. The van der Waals surface area contributed by atoms with E-state index >= 15 is 0 Å². The van der Waals surface area contributed by atoms with E-state index < -0.39 is 0 Å². The Labute approximate surface area is 182 Å². The molecule has 0 aromatic heterocycles. The average molecular weight is 444 g/mol. The van der Waals surface area contributed by atoms with Crippen LogP contribution in [0.25, 0.3) is 16.8 Å². The fourth-order valence-corrected chi connectivity index (χ4v) is 4.56. The highest BCUT2D eigenvalue weighted by molar-refractivity contribution is 8.18. The molecule has 3 aromatic carbocycles. The molecule has 1 heterocycles. The minimum absolute atomic E-state index is 0.0316. The topological polar surface area (TPSA) is 46.6 Å². The number of methoxy groups -OCH3 is 1. The monoisotopic (exact) mass is 443 g/mol. The van der Waals surface area contributed by atoms with Crippen molar-refractivity contribution in [2.45, 2.75) is 6.54 Å². The van der Waals surface area contributed by atoms with E-state index in [0.29, 0.717) is 20.5 Å². The van der Waals surface area contributed by atoms with E-state index in [1.165, 1.54) is 0 Å². The first-order valence-corrected chi connectivity index (χ1v) is 10.3. The average Bonchev–Trinajstić information content (AvgIpc) is 2.98. The molecule has 0 spiro atoms. The summed E-state index contributed by atoms with van der Waals surface area (Å²) < 4.78 is 5.42. The van der Waals surface area contributed by atoms with Gasteiger partial charge in [-0.15, -0.1) is 0 Å². The summed E-state index contributed by atoms with van der Waals surface area (Å²) in [7, 11) is 1.62. The maximum atomic E-state index is 12.9. The van der Waals surface area contributed by atoms with Gasteiger partial charge in [0.05, 0.1) is 18.6 Å². The molecule has 1 aliphatic rings. The molecule has 3 aromatic rings. The van der Waals surface area contributed by atoms with Crippen LogP contribution in [-0.2, 0) is 11.3 Å². The smallest absolute Gasteiger partial charge is 0.293 e. The second-order valence-corrected chi connectivity index (χ2v) is 8.18. The summed E-state index contributed by atoms with van der Waals surface area (Å²) in [4.78, 5) is 26.9. The second-order valence-electron chi connectivity index (χ2n) is 6.37. The van der Waals surface area contributed by atoms with Gasteiger partial charge >= 0.3 is 0 Å². The molecule has 146 valence electrons. The zero-order chi connectivity index (χ0) is 20.5. The highest BCUT2D eigenvalue weighted by Crippen LogP contribution is 2.37. The molecular weight excluding hydrogens is 429 g/mol. The molecule has 7 heteroatoms. The number of imide groups is 1. The Morgan fingerprint density at radius 3 is 2.34 bits per heavy atom. The van der Waals surface area contributed by atoms with Crippen LogP contribution < -0.4 is 4.74 Å². The van der Waals surface area contributed by atoms with Crippen molar-refractivity contribution in [1.29, 1.82) is 0 Å². The first-order valence-electron chi connectivity index (χ1n) is 8.73. The number of rotatable bonds is 4. The van der Waals surface area contributed by atoms with Crippen LogP contribution in [0, 0.1) is 0 Å². The molecule has 0 unspecified atom stereocenters. The third-order valence-corrected chi connectivity index (χ3v) is 6.29. The Bertz CT molecular complexity index is 1160. The van der Waals surface area contributed by atoms with Crippen molar-refractivity contribution in [2.75, 3.05) is 7.11 Å². The molecule has 1 aliphatic heterocycles. The lowest BCUT2D eigenvalue weighted by molar-refractivity contribution is -0.123. The normalized spacial score (nSPS) is 15.6. The van der Waals surface area contributed by atoms with E-state index in [1.54, 1.807) is 31.4 Å². The van der Waals surface area contributed by atoms with Gasteiger partial charge in [0.25, 0.3) is 11.1 Å². The maximum Gasteiger partial charge on any atom is 0.293 e. The summed E-state index contributed by atoms with van der Waals surface area (Å²) in [6.45, 7) is 0.0316. The van der Waals surface area contributed by atoms with Crippen LogP contribution in [0.15, 0.2) is 59.5 Å². The number of thioether (sulfide) groups is 1. The van der Waals surface area contributed by atoms with E-state index in [9.17, 15) is 9.59 Å². The number of hydrogen-bond donors (Lipinski definition) is 0. The van der Waals surface area contributed by atoms with Crippen molar-refractivity contribution >= 4 is 63.0 Å². The van der Waals surface area contributed by atoms with Gasteiger partial charge in [0, 0.05) is 21.0 Å². The summed E-state index contributed by atoms with van der Waals surface area (Å²) >= 11 is 13.3. The van der Waals surface area contributed by atoms with Gasteiger partial charge in [0.1, 0.15) is 5.75 Å². The van der Waals surface area contributed by atoms with Gasteiger partial charge in [-0.1, -0.05) is 59.6 Å². The number of halogens is 2. The highest BCUT2D eigenvalue weighted by atomic mass is 35.5. The Kier molecular flexibility index (Phi) is 5.54. The van der Waals surface area contributed by atoms with Crippen molar-refractivity contribution in [2.24, 2.45) is 0 Å². The van der Waals surface area contributed by atoms with Crippen molar-refractivity contribution in [3.8, 4) is 5.75 Å². The Hall–Kier alpha value is -2.47. The minimum atomic E-state index is -0.365. The van der Waals surface area contributed by atoms with Crippen LogP contribution in [0.1, 0.15) is 11.1 Å². The molecule has 0 atom stereocenters. The fourth-order valence-electron chi connectivity index (χ4n) is 3.22. The van der Waals surface area contributed by atoms with Gasteiger partial charge in [0.15, 0.2) is 0 Å². The zero-order valence-corrected chi connectivity index (χ0v) is 17.6. The molecular formula is C22H15Cl2NO3S. The second kappa shape index (κ2) is 8.11. The van der Waals surface area contributed by atoms with Crippen molar-refractivity contribution in [3.05, 3.63) is 80.7 Å². The Morgan fingerprint density at radius 1 is 0.966 bits per heavy atom. The number of fused-ring (bicyclic) bond motifs is 1. The summed E-state index contributed by atoms with van der Waals surface area (Å²) in [5, 5.41) is 2.36. The van der Waals surface area contributed by atoms with Gasteiger partial charge in [-0.25, -0.2) is 0 Å². The molecule has 1 fully saturated rings. The fraction of sp³-hybridized carbons (Fsp3) is 0.0909. The number of hydrogen-bond acceptors (Lipinski definition) is 4. The molecule has 0 saturated carbocycles. The number of carbonyl (C=O) groups is 2. The lowest BCUT2D eigenvalue weighted by atomic mass is 10.0. The standard InChI is InChI=1S/C22H15Cl2NO3S/c1-28-19-10-9-13(14-5-2-3-6-15(14)19)11-20-21(26)25(22(27)29-20)12-16-17(23)7-4-8-18(16)24/h2-11H,12H2,1H3/b20-11-. The number of carbonyl (C=O) groups excluding carboxylic acids is 2. The summed E-state index contributed by atoms with van der Waals surface area (Å²) in [5.41, 5.74) is 1.39. The zero-order valence-electron chi connectivity index (χ0n) is 15.3. The Balaban J connectivity index is 1.69. The number of ether oxygens (including phenoxy) is 1. The molecule has 4 rings (SSSR count). The summed E-state index contributed by atoms with van der Waals surface area (Å²) in [6.07, 6.45) is 1.74. The van der Waals surface area contributed by atoms with Crippen LogP contribution in [0.4, 0.5) is 4.79 Å².